The van der Waals surface area contributed by atoms with Gasteiger partial charge in [-0.25, -0.2) is 0 Å². The van der Waals surface area contributed by atoms with E-state index in [1.807, 2.05) is 19.9 Å². The van der Waals surface area contributed by atoms with Crippen molar-refractivity contribution in [3.63, 3.8) is 0 Å². The van der Waals surface area contributed by atoms with Gasteiger partial charge in [-0.3, -0.25) is 4.98 Å². The van der Waals surface area contributed by atoms with Crippen LogP contribution in [0.2, 0.25) is 0 Å². The largest absolute Gasteiger partial charge is 0.388 e. The Bertz CT molecular complexity index is 1370. The number of aliphatic hydroxyl groups excluding tert-OH is 2. The molecule has 2 heterocycles. The van der Waals surface area contributed by atoms with Gasteiger partial charge in [-0.2, -0.15) is 12.6 Å². The smallest absolute Gasteiger partial charge is 0.310 e. The molecule has 2 aliphatic carbocycles. The number of aromatic nitrogens is 1. The number of rotatable bonds is 5. The molecule has 0 radical (unpaired) electrons. The van der Waals surface area contributed by atoms with E-state index in [0.29, 0.717) is 66.0 Å². The van der Waals surface area contributed by atoms with Gasteiger partial charge in [-0.05, 0) is 83.9 Å². The van der Waals surface area contributed by atoms with Crippen molar-refractivity contribution in [3.05, 3.63) is 64.0 Å². The fraction of sp³-hybridized carbons (Fsp3) is 0.618. The van der Waals surface area contributed by atoms with Crippen molar-refractivity contribution in [2.45, 2.75) is 110 Å². The van der Waals surface area contributed by atoms with Gasteiger partial charge in [0.1, 0.15) is 11.0 Å². The van der Waals surface area contributed by atoms with Crippen molar-refractivity contribution in [1.29, 1.82) is 0 Å². The molecule has 2 unspecified atom stereocenters. The molecule has 1 fully saturated rings. The summed E-state index contributed by atoms with van der Waals surface area (Å²) in [5.41, 5.74) is 4.63. The number of ether oxygens (including phenoxy) is 1. The van der Waals surface area contributed by atoms with E-state index in [4.69, 9.17) is 9.72 Å². The van der Waals surface area contributed by atoms with Gasteiger partial charge >= 0.3 is 10.2 Å². The molecular weight excluding hydrogens is 630 g/mol. The lowest BCUT2D eigenvalue weighted by molar-refractivity contribution is 0.0239. The average Bonchev–Trinajstić information content (AvgIpc) is 2.95. The molecule has 5 rings (SSSR count). The maximum absolute atomic E-state index is 13.3. The fourth-order valence-corrected chi connectivity index (χ4v) is 6.72. The predicted molar refractivity (Wildman–Crippen MR) is 178 cm³/mol. The Balaban J connectivity index is 0.000000620. The summed E-state index contributed by atoms with van der Waals surface area (Å²) in [5, 5.41) is 22.9. The number of aliphatic hydroxyl groups is 2. The third-order valence-corrected chi connectivity index (χ3v) is 10.3. The monoisotopic (exact) mass is 679 g/mol. The highest BCUT2D eigenvalue weighted by atomic mass is 32.5. The lowest BCUT2D eigenvalue weighted by Gasteiger charge is -2.47. The highest BCUT2D eigenvalue weighted by molar-refractivity contribution is 8.45. The van der Waals surface area contributed by atoms with E-state index in [9.17, 15) is 29.6 Å². The zero-order valence-electron chi connectivity index (χ0n) is 27.5. The normalized spacial score (nSPS) is 21.5. The predicted octanol–water partition coefficient (Wildman–Crippen LogP) is 10.9. The summed E-state index contributed by atoms with van der Waals surface area (Å²) >= 11 is 3.53. The van der Waals surface area contributed by atoms with Crippen molar-refractivity contribution in [3.8, 4) is 0 Å². The molecule has 0 amide bonds. The van der Waals surface area contributed by atoms with E-state index in [1.54, 1.807) is 6.26 Å². The van der Waals surface area contributed by atoms with Crippen LogP contribution in [-0.2, 0) is 11.2 Å². The van der Waals surface area contributed by atoms with Crippen LogP contribution in [-0.4, -0.2) is 34.7 Å². The quantitative estimate of drug-likeness (QED) is 0.217. The molecule has 2 atom stereocenters. The third kappa shape index (κ3) is 9.03. The lowest BCUT2D eigenvalue weighted by Crippen LogP contribution is -2.38. The molecule has 1 saturated carbocycles. The van der Waals surface area contributed by atoms with Crippen LogP contribution in [0.1, 0.15) is 132 Å². The maximum atomic E-state index is 13.3. The number of pyridine rings is 1. The zero-order chi connectivity index (χ0) is 34.1. The molecule has 45 heavy (non-hydrogen) atoms. The van der Waals surface area contributed by atoms with Crippen LogP contribution in [0.4, 0.5) is 19.4 Å². The van der Waals surface area contributed by atoms with E-state index in [2.05, 4.69) is 40.3 Å². The number of thiol groups is 1. The lowest BCUT2D eigenvalue weighted by atomic mass is 9.59. The molecule has 1 aliphatic heterocycles. The Labute approximate surface area is 271 Å². The van der Waals surface area contributed by atoms with E-state index >= 15 is 0 Å². The van der Waals surface area contributed by atoms with Crippen molar-refractivity contribution in [2.24, 2.45) is 10.8 Å². The molecule has 2 N–H and O–H groups in total. The second kappa shape index (κ2) is 13.1. The van der Waals surface area contributed by atoms with Crippen molar-refractivity contribution >= 4 is 28.4 Å². The first-order valence-corrected chi connectivity index (χ1v) is 18.5. The van der Waals surface area contributed by atoms with Crippen LogP contribution >= 0.6 is 22.9 Å². The summed E-state index contributed by atoms with van der Waals surface area (Å²) in [7, 11) is -9.84. The van der Waals surface area contributed by atoms with Gasteiger partial charge in [0, 0.05) is 22.5 Å². The van der Waals surface area contributed by atoms with Crippen LogP contribution in [0, 0.1) is 10.8 Å². The van der Waals surface area contributed by atoms with Gasteiger partial charge < -0.3 is 14.9 Å². The molecule has 0 saturated heterocycles. The highest BCUT2D eigenvalue weighted by Gasteiger charge is 2.65. The van der Waals surface area contributed by atoms with E-state index in [-0.39, 0.29) is 16.9 Å². The van der Waals surface area contributed by atoms with Gasteiger partial charge in [0.2, 0.25) is 0 Å². The SMILES string of the molecule is CC(C)c1nc2c(c(C3=CCOCC3)c1C(O)c1ccc(S(F)(F)(F)(F)F)cc1)C(O)CC1(CCC1)C2.CCC(C)(C)C.CS. The number of hydrogen-bond donors (Lipinski definition) is 3. The molecule has 1 aromatic carbocycles. The number of benzene rings is 1. The van der Waals surface area contributed by atoms with E-state index in [0.717, 1.165) is 49.1 Å². The third-order valence-electron chi connectivity index (χ3n) is 9.10. The van der Waals surface area contributed by atoms with E-state index in [1.165, 1.54) is 6.42 Å². The van der Waals surface area contributed by atoms with Gasteiger partial charge in [0.15, 0.2) is 0 Å². The molecular formula is C34H50F5NO3S2. The van der Waals surface area contributed by atoms with Crippen LogP contribution < -0.4 is 0 Å². The van der Waals surface area contributed by atoms with Crippen LogP contribution in [0.5, 0.6) is 0 Å². The minimum atomic E-state index is -9.84. The van der Waals surface area contributed by atoms with Crippen LogP contribution in [0.25, 0.3) is 5.57 Å². The zero-order valence-corrected chi connectivity index (χ0v) is 29.2. The Morgan fingerprint density at radius 3 is 2.07 bits per heavy atom. The average molecular weight is 680 g/mol. The number of nitrogens with zero attached hydrogens (tertiary/aromatic N) is 1. The Hall–Kier alpha value is -1.66. The minimum absolute atomic E-state index is 0.0243. The molecule has 1 aromatic heterocycles. The molecule has 0 bridgehead atoms. The molecule has 4 nitrogen and oxygen atoms in total. The van der Waals surface area contributed by atoms with Crippen molar-refractivity contribution in [2.75, 3.05) is 19.5 Å². The summed E-state index contributed by atoms with van der Waals surface area (Å²) in [4.78, 5) is 2.95. The van der Waals surface area contributed by atoms with Gasteiger partial charge in [-0.15, -0.1) is 0 Å². The standard InChI is InChI=1S/C27H32F5NO3S.C6H14.CH4S/c1-16(2)25-24(26(35)18-4-6-19(7-5-18)37(28,29,30,31)32)22(17-8-12-36-13-9-17)23-20(33-25)14-27(10-3-11-27)15-21(23)34;1-5-6(2,3)4;1-2/h4-8,16,21,26,34-35H,3,9-15H2,1-2H3;5H2,1-4H3;2H,1H3. The van der Waals surface area contributed by atoms with Crippen molar-refractivity contribution < 1.29 is 34.4 Å². The molecule has 3 aliphatic rings. The topological polar surface area (TPSA) is 62.6 Å². The minimum Gasteiger partial charge on any atom is -0.388 e. The first-order chi connectivity index (χ1) is 20.6. The maximum Gasteiger partial charge on any atom is 0.310 e. The van der Waals surface area contributed by atoms with Crippen LogP contribution in [0.15, 0.2) is 35.2 Å². The second-order valence-corrected chi connectivity index (χ2v) is 16.4. The number of hydrogen-bond acceptors (Lipinski definition) is 5. The molecule has 2 aromatic rings. The Morgan fingerprint density at radius 2 is 1.64 bits per heavy atom. The highest BCUT2D eigenvalue weighted by Crippen LogP contribution is 3.02. The summed E-state index contributed by atoms with van der Waals surface area (Å²) in [6.07, 6.45) is 7.66. The summed E-state index contributed by atoms with van der Waals surface area (Å²) in [6, 6.07) is 2.43. The number of fused-ring (bicyclic) bond motifs is 1. The van der Waals surface area contributed by atoms with Crippen LogP contribution in [0.3, 0.4) is 0 Å². The van der Waals surface area contributed by atoms with E-state index < -0.39 is 27.3 Å². The van der Waals surface area contributed by atoms with Gasteiger partial charge in [-0.1, -0.05) is 92.0 Å². The summed E-state index contributed by atoms with van der Waals surface area (Å²) < 4.78 is 71.9. The fourth-order valence-electron chi connectivity index (χ4n) is 6.07. The molecule has 256 valence electrons. The van der Waals surface area contributed by atoms with Gasteiger partial charge in [0.25, 0.3) is 0 Å². The Morgan fingerprint density at radius 1 is 1.07 bits per heavy atom. The van der Waals surface area contributed by atoms with Crippen molar-refractivity contribution in [1.82, 2.24) is 4.98 Å². The molecule has 1 spiro atoms. The van der Waals surface area contributed by atoms with Gasteiger partial charge in [0.05, 0.1) is 19.3 Å². The summed E-state index contributed by atoms with van der Waals surface area (Å²) in [5.74, 6) is -0.144. The number of halogens is 5. The summed E-state index contributed by atoms with van der Waals surface area (Å²) in [6.45, 7) is 13.6. The Kier molecular flexibility index (Phi) is 11.0. The molecule has 11 heteroatoms. The second-order valence-electron chi connectivity index (χ2n) is 14.0. The first-order valence-electron chi connectivity index (χ1n) is 15.6. The first kappa shape index (κ1) is 37.8.